The molecule has 0 spiro atoms. The average molecular weight is 541 g/mol. The lowest BCUT2D eigenvalue weighted by atomic mass is 10.2. The number of carbonyl (C=O) groups is 1. The number of nitrogens with zero attached hydrogens (tertiary/aromatic N) is 3. The summed E-state index contributed by atoms with van der Waals surface area (Å²) in [6.07, 6.45) is 0.889. The van der Waals surface area contributed by atoms with Crippen LogP contribution in [0.4, 0.5) is 0 Å². The first-order valence-corrected chi connectivity index (χ1v) is 9.25. The first-order chi connectivity index (χ1) is 11.9. The van der Waals surface area contributed by atoms with Gasteiger partial charge in [-0.2, -0.15) is 0 Å². The van der Waals surface area contributed by atoms with E-state index in [0.29, 0.717) is 13.2 Å². The van der Waals surface area contributed by atoms with Crippen molar-refractivity contribution >= 4 is 51.8 Å². The summed E-state index contributed by atoms with van der Waals surface area (Å²) in [6, 6.07) is 8.17. The van der Waals surface area contributed by atoms with E-state index in [1.807, 2.05) is 31.0 Å². The largest absolute Gasteiger partial charge is 0.382 e. The van der Waals surface area contributed by atoms with E-state index in [9.17, 15) is 4.79 Å². The lowest BCUT2D eigenvalue weighted by Crippen LogP contribution is -2.40. The van der Waals surface area contributed by atoms with Crippen LogP contribution in [0.3, 0.4) is 0 Å². The predicted molar refractivity (Wildman–Crippen MR) is 121 cm³/mol. The van der Waals surface area contributed by atoms with Gasteiger partial charge in [-0.25, -0.2) is 4.99 Å². The maximum absolute atomic E-state index is 11.8. The number of hydrogen-bond donors (Lipinski definition) is 1. The van der Waals surface area contributed by atoms with Crippen molar-refractivity contribution in [1.82, 2.24) is 15.1 Å². The molecule has 0 saturated heterocycles. The molecular weight excluding hydrogens is 511 g/mol. The van der Waals surface area contributed by atoms with E-state index in [0.717, 1.165) is 30.0 Å². The zero-order chi connectivity index (χ0) is 18.7. The summed E-state index contributed by atoms with van der Waals surface area (Å²) in [4.78, 5) is 19.9. The molecule has 1 amide bonds. The standard InChI is InChI=1S/C18H29BrN4O2.HI/c1-5-25-12-6-11-20-18(21-13-17(24)22(2)3)23(4)14-15-7-9-16(19)10-8-15;/h7-10H,5-6,11-14H2,1-4H3,(H,20,21);1H. The Bertz CT molecular complexity index is 553. The van der Waals surface area contributed by atoms with Gasteiger partial charge in [-0.3, -0.25) is 4.79 Å². The number of guanidine groups is 1. The van der Waals surface area contributed by atoms with Gasteiger partial charge >= 0.3 is 0 Å². The second-order valence-electron chi connectivity index (χ2n) is 5.89. The van der Waals surface area contributed by atoms with Crippen LogP contribution in [-0.2, 0) is 16.1 Å². The Labute approximate surface area is 182 Å². The topological polar surface area (TPSA) is 57.2 Å². The molecule has 0 aliphatic heterocycles. The Morgan fingerprint density at radius 3 is 2.46 bits per heavy atom. The Morgan fingerprint density at radius 2 is 1.88 bits per heavy atom. The molecule has 0 saturated carbocycles. The highest BCUT2D eigenvalue weighted by atomic mass is 127. The summed E-state index contributed by atoms with van der Waals surface area (Å²) >= 11 is 3.45. The monoisotopic (exact) mass is 540 g/mol. The predicted octanol–water partition coefficient (Wildman–Crippen LogP) is 2.96. The number of halogens is 2. The molecule has 0 unspecified atom stereocenters. The van der Waals surface area contributed by atoms with Crippen LogP contribution >= 0.6 is 39.9 Å². The maximum Gasteiger partial charge on any atom is 0.243 e. The fourth-order valence-electron chi connectivity index (χ4n) is 2.05. The number of aliphatic imine (C=N–C) groups is 1. The molecule has 1 aromatic carbocycles. The third-order valence-electron chi connectivity index (χ3n) is 3.51. The maximum atomic E-state index is 11.8. The summed E-state index contributed by atoms with van der Waals surface area (Å²) in [5.74, 6) is 0.695. The van der Waals surface area contributed by atoms with Crippen LogP contribution in [0, 0.1) is 0 Å². The van der Waals surface area contributed by atoms with Crippen LogP contribution in [0.25, 0.3) is 0 Å². The molecule has 8 heteroatoms. The van der Waals surface area contributed by atoms with Gasteiger partial charge < -0.3 is 19.9 Å². The molecule has 0 bridgehead atoms. The van der Waals surface area contributed by atoms with Gasteiger partial charge in [0.05, 0.1) is 0 Å². The van der Waals surface area contributed by atoms with Crippen LogP contribution in [-0.4, -0.2) is 69.1 Å². The minimum absolute atomic E-state index is 0. The minimum Gasteiger partial charge on any atom is -0.382 e. The van der Waals surface area contributed by atoms with Gasteiger partial charge in [0.15, 0.2) is 5.96 Å². The van der Waals surface area contributed by atoms with E-state index in [-0.39, 0.29) is 36.4 Å². The summed E-state index contributed by atoms with van der Waals surface area (Å²) in [5, 5.41) is 3.32. The number of ether oxygens (including phenoxy) is 1. The SMILES string of the molecule is CCOCCCNC(=NCC(=O)N(C)C)N(C)Cc1ccc(Br)cc1.I. The van der Waals surface area contributed by atoms with Crippen LogP contribution < -0.4 is 5.32 Å². The first kappa shape index (κ1) is 25.1. The van der Waals surface area contributed by atoms with Crippen molar-refractivity contribution in [3.05, 3.63) is 34.3 Å². The molecule has 0 heterocycles. The van der Waals surface area contributed by atoms with Crippen molar-refractivity contribution in [3.8, 4) is 0 Å². The van der Waals surface area contributed by atoms with Gasteiger partial charge in [-0.1, -0.05) is 28.1 Å². The van der Waals surface area contributed by atoms with E-state index in [1.54, 1.807) is 19.0 Å². The van der Waals surface area contributed by atoms with Crippen LogP contribution in [0.15, 0.2) is 33.7 Å². The van der Waals surface area contributed by atoms with Gasteiger partial charge in [0.1, 0.15) is 6.54 Å². The third kappa shape index (κ3) is 10.3. The minimum atomic E-state index is -0.0225. The highest BCUT2D eigenvalue weighted by molar-refractivity contribution is 14.0. The molecule has 1 N–H and O–H groups in total. The quantitative estimate of drug-likeness (QED) is 0.226. The Hall–Kier alpha value is -0.870. The Kier molecular flexibility index (Phi) is 13.7. The number of likely N-dealkylation sites (N-methyl/N-ethyl adjacent to an activating group) is 1. The smallest absolute Gasteiger partial charge is 0.243 e. The van der Waals surface area contributed by atoms with Crippen molar-refractivity contribution < 1.29 is 9.53 Å². The normalized spacial score (nSPS) is 10.9. The molecular formula is C18H30BrIN4O2. The molecule has 1 rings (SSSR count). The summed E-state index contributed by atoms with van der Waals surface area (Å²) in [6.45, 7) is 5.01. The second-order valence-corrected chi connectivity index (χ2v) is 6.80. The second kappa shape index (κ2) is 14.2. The molecule has 148 valence electrons. The zero-order valence-electron chi connectivity index (χ0n) is 16.0. The number of carbonyl (C=O) groups excluding carboxylic acids is 1. The molecule has 0 aromatic heterocycles. The van der Waals surface area contributed by atoms with Crippen molar-refractivity contribution in [2.45, 2.75) is 19.9 Å². The fraction of sp³-hybridized carbons (Fsp3) is 0.556. The number of amides is 1. The van der Waals surface area contributed by atoms with E-state index in [2.05, 4.69) is 38.4 Å². The third-order valence-corrected chi connectivity index (χ3v) is 4.04. The zero-order valence-corrected chi connectivity index (χ0v) is 19.9. The average Bonchev–Trinajstić information content (AvgIpc) is 2.58. The van der Waals surface area contributed by atoms with E-state index in [1.165, 1.54) is 5.56 Å². The van der Waals surface area contributed by atoms with Crippen molar-refractivity contribution in [2.75, 3.05) is 47.4 Å². The number of rotatable bonds is 9. The van der Waals surface area contributed by atoms with Gasteiger partial charge in [-0.15, -0.1) is 24.0 Å². The lowest BCUT2D eigenvalue weighted by molar-refractivity contribution is -0.127. The van der Waals surface area contributed by atoms with Crippen molar-refractivity contribution in [3.63, 3.8) is 0 Å². The lowest BCUT2D eigenvalue weighted by Gasteiger charge is -2.23. The van der Waals surface area contributed by atoms with Crippen LogP contribution in [0.5, 0.6) is 0 Å². The van der Waals surface area contributed by atoms with E-state index < -0.39 is 0 Å². The van der Waals surface area contributed by atoms with Crippen molar-refractivity contribution in [2.24, 2.45) is 4.99 Å². The number of benzene rings is 1. The Balaban J connectivity index is 0.00000625. The molecule has 6 nitrogen and oxygen atoms in total. The number of nitrogens with one attached hydrogen (secondary N) is 1. The molecule has 26 heavy (non-hydrogen) atoms. The molecule has 0 radical (unpaired) electrons. The molecule has 0 fully saturated rings. The summed E-state index contributed by atoms with van der Waals surface area (Å²) in [7, 11) is 5.44. The summed E-state index contributed by atoms with van der Waals surface area (Å²) < 4.78 is 6.41. The van der Waals surface area contributed by atoms with Crippen LogP contribution in [0.1, 0.15) is 18.9 Å². The van der Waals surface area contributed by atoms with Gasteiger partial charge in [0.25, 0.3) is 0 Å². The van der Waals surface area contributed by atoms with Gasteiger partial charge in [0, 0.05) is 51.9 Å². The van der Waals surface area contributed by atoms with E-state index in [4.69, 9.17) is 4.74 Å². The highest BCUT2D eigenvalue weighted by Gasteiger charge is 2.09. The molecule has 0 aliphatic rings. The van der Waals surface area contributed by atoms with E-state index >= 15 is 0 Å². The van der Waals surface area contributed by atoms with Gasteiger partial charge in [0.2, 0.25) is 5.91 Å². The highest BCUT2D eigenvalue weighted by Crippen LogP contribution is 2.11. The Morgan fingerprint density at radius 1 is 1.23 bits per heavy atom. The molecule has 0 atom stereocenters. The summed E-state index contributed by atoms with van der Waals surface area (Å²) in [5.41, 5.74) is 1.17. The van der Waals surface area contributed by atoms with Crippen LogP contribution in [0.2, 0.25) is 0 Å². The molecule has 0 aliphatic carbocycles. The fourth-order valence-corrected chi connectivity index (χ4v) is 2.32. The van der Waals surface area contributed by atoms with Gasteiger partial charge in [-0.05, 0) is 31.0 Å². The molecule has 1 aromatic rings. The van der Waals surface area contributed by atoms with Crippen molar-refractivity contribution in [1.29, 1.82) is 0 Å². The number of hydrogen-bond acceptors (Lipinski definition) is 3. The first-order valence-electron chi connectivity index (χ1n) is 8.45.